The lowest BCUT2D eigenvalue weighted by Gasteiger charge is -2.23. The molecule has 0 spiro atoms. The van der Waals surface area contributed by atoms with Crippen LogP contribution < -0.4 is 0 Å². The summed E-state index contributed by atoms with van der Waals surface area (Å²) in [7, 11) is 0. The van der Waals surface area contributed by atoms with Crippen molar-refractivity contribution in [2.75, 3.05) is 32.9 Å². The van der Waals surface area contributed by atoms with E-state index in [0.29, 0.717) is 19.1 Å². The zero-order valence-corrected chi connectivity index (χ0v) is 28.8. The number of likely N-dealkylation sites (tertiary alicyclic amines) is 1. The first-order chi connectivity index (χ1) is 20.9. The number of esters is 2. The van der Waals surface area contributed by atoms with Crippen molar-refractivity contribution in [1.29, 1.82) is 0 Å². The van der Waals surface area contributed by atoms with Crippen molar-refractivity contribution in [2.45, 2.75) is 169 Å². The molecule has 0 bridgehead atoms. The van der Waals surface area contributed by atoms with Crippen LogP contribution >= 0.6 is 0 Å². The number of hydrogen-bond donors (Lipinski definition) is 0. The van der Waals surface area contributed by atoms with Gasteiger partial charge in [0.15, 0.2) is 0 Å². The average molecular weight is 608 g/mol. The number of carbonyl (C=O) groups is 2. The highest BCUT2D eigenvalue weighted by Crippen LogP contribution is 2.25. The molecule has 1 aliphatic heterocycles. The molecule has 0 aliphatic carbocycles. The van der Waals surface area contributed by atoms with Crippen LogP contribution in [0.3, 0.4) is 0 Å². The minimum Gasteiger partial charge on any atom is -0.499 e. The van der Waals surface area contributed by atoms with E-state index in [2.05, 4.69) is 32.3 Å². The molecule has 0 aromatic carbocycles. The summed E-state index contributed by atoms with van der Waals surface area (Å²) in [5, 5.41) is 0. The van der Waals surface area contributed by atoms with Gasteiger partial charge in [-0.1, -0.05) is 104 Å². The molecule has 1 saturated heterocycles. The number of ether oxygens (including phenoxy) is 3. The van der Waals surface area contributed by atoms with Crippen molar-refractivity contribution in [3.05, 3.63) is 12.3 Å². The van der Waals surface area contributed by atoms with Gasteiger partial charge in [0.2, 0.25) is 0 Å². The van der Waals surface area contributed by atoms with Crippen molar-refractivity contribution in [3.63, 3.8) is 0 Å². The third-order valence-electron chi connectivity index (χ3n) is 8.75. The van der Waals surface area contributed by atoms with E-state index < -0.39 is 0 Å². The van der Waals surface area contributed by atoms with Crippen molar-refractivity contribution < 1.29 is 23.8 Å². The van der Waals surface area contributed by atoms with Gasteiger partial charge < -0.3 is 14.2 Å². The smallest absolute Gasteiger partial charge is 0.323 e. The fraction of sp³-hybridized carbons (Fsp3) is 0.892. The lowest BCUT2D eigenvalue weighted by Crippen LogP contribution is -2.38. The zero-order chi connectivity index (χ0) is 31.5. The van der Waals surface area contributed by atoms with Crippen LogP contribution in [0.15, 0.2) is 12.3 Å². The molecule has 1 aliphatic rings. The molecule has 0 N–H and O–H groups in total. The molecule has 43 heavy (non-hydrogen) atoms. The summed E-state index contributed by atoms with van der Waals surface area (Å²) >= 11 is 0. The molecular formula is C37H69NO5. The van der Waals surface area contributed by atoms with Gasteiger partial charge in [-0.05, 0) is 77.2 Å². The molecule has 6 nitrogen and oxygen atoms in total. The van der Waals surface area contributed by atoms with Crippen LogP contribution in [0.2, 0.25) is 0 Å². The molecule has 0 radical (unpaired) electrons. The molecule has 1 fully saturated rings. The standard InChI is InChI=1S/C37H69NO5/c1-6-8-10-12-13-19-25-34(24-18-11-9-7-2)36(39)42-28-22-16-17-23-29-43-37(40)35-30-33(5)31-38(35)26-20-14-15-21-27-41-32(3)4/h33-35H,3,6-31H2,1-2,4-5H3. The Morgan fingerprint density at radius 1 is 0.698 bits per heavy atom. The molecular weight excluding hydrogens is 538 g/mol. The Morgan fingerprint density at radius 2 is 1.19 bits per heavy atom. The van der Waals surface area contributed by atoms with E-state index in [9.17, 15) is 9.59 Å². The monoisotopic (exact) mass is 608 g/mol. The Labute approximate surface area is 266 Å². The summed E-state index contributed by atoms with van der Waals surface area (Å²) in [5.41, 5.74) is 0. The fourth-order valence-electron chi connectivity index (χ4n) is 6.13. The second kappa shape index (κ2) is 26.8. The Balaban J connectivity index is 2.18. The third-order valence-corrected chi connectivity index (χ3v) is 8.75. The van der Waals surface area contributed by atoms with Crippen molar-refractivity contribution in [1.82, 2.24) is 4.90 Å². The van der Waals surface area contributed by atoms with Gasteiger partial charge in [0.1, 0.15) is 6.04 Å². The van der Waals surface area contributed by atoms with Crippen LogP contribution in [0.4, 0.5) is 0 Å². The Morgan fingerprint density at radius 3 is 1.79 bits per heavy atom. The molecule has 0 aromatic rings. The Hall–Kier alpha value is -1.56. The molecule has 252 valence electrons. The number of hydrogen-bond acceptors (Lipinski definition) is 6. The van der Waals surface area contributed by atoms with Crippen LogP contribution in [0.25, 0.3) is 0 Å². The maximum absolute atomic E-state index is 12.8. The van der Waals surface area contributed by atoms with Crippen molar-refractivity contribution in [2.24, 2.45) is 11.8 Å². The summed E-state index contributed by atoms with van der Waals surface area (Å²) in [6.07, 6.45) is 23.4. The van der Waals surface area contributed by atoms with E-state index in [1.54, 1.807) is 0 Å². The molecule has 1 rings (SSSR count). The third kappa shape index (κ3) is 20.9. The largest absolute Gasteiger partial charge is 0.499 e. The van der Waals surface area contributed by atoms with Gasteiger partial charge in [-0.2, -0.15) is 0 Å². The van der Waals surface area contributed by atoms with E-state index in [1.165, 1.54) is 51.4 Å². The predicted molar refractivity (Wildman–Crippen MR) is 179 cm³/mol. The number of rotatable bonds is 29. The zero-order valence-electron chi connectivity index (χ0n) is 28.8. The second-order valence-corrected chi connectivity index (χ2v) is 13.2. The van der Waals surface area contributed by atoms with Gasteiger partial charge >= 0.3 is 11.9 Å². The van der Waals surface area contributed by atoms with Gasteiger partial charge in [0.05, 0.1) is 31.5 Å². The van der Waals surface area contributed by atoms with Crippen molar-refractivity contribution >= 4 is 11.9 Å². The van der Waals surface area contributed by atoms with Crippen LogP contribution in [-0.4, -0.2) is 55.8 Å². The van der Waals surface area contributed by atoms with Gasteiger partial charge in [-0.25, -0.2) is 0 Å². The topological polar surface area (TPSA) is 65.1 Å². The van der Waals surface area contributed by atoms with Gasteiger partial charge in [0, 0.05) is 6.54 Å². The fourth-order valence-corrected chi connectivity index (χ4v) is 6.13. The summed E-state index contributed by atoms with van der Waals surface area (Å²) < 4.78 is 16.8. The Kier molecular flexibility index (Phi) is 24.6. The van der Waals surface area contributed by atoms with Gasteiger partial charge in [0.25, 0.3) is 0 Å². The predicted octanol–water partition coefficient (Wildman–Crippen LogP) is 9.79. The summed E-state index contributed by atoms with van der Waals surface area (Å²) in [5.74, 6) is 1.35. The van der Waals surface area contributed by atoms with Crippen LogP contribution in [0, 0.1) is 11.8 Å². The number of unbranched alkanes of at least 4 members (excludes halogenated alkanes) is 14. The highest BCUT2D eigenvalue weighted by Gasteiger charge is 2.35. The summed E-state index contributed by atoms with van der Waals surface area (Å²) in [4.78, 5) is 28.0. The van der Waals surface area contributed by atoms with E-state index >= 15 is 0 Å². The van der Waals surface area contributed by atoms with E-state index in [4.69, 9.17) is 14.2 Å². The second-order valence-electron chi connectivity index (χ2n) is 13.2. The van der Waals surface area contributed by atoms with Crippen LogP contribution in [0.1, 0.15) is 163 Å². The van der Waals surface area contributed by atoms with Gasteiger partial charge in [-0.15, -0.1) is 0 Å². The summed E-state index contributed by atoms with van der Waals surface area (Å²) in [6, 6.07) is -0.0904. The maximum Gasteiger partial charge on any atom is 0.323 e. The average Bonchev–Trinajstić information content (AvgIpc) is 3.36. The number of nitrogens with zero attached hydrogens (tertiary/aromatic N) is 1. The maximum atomic E-state index is 12.8. The van der Waals surface area contributed by atoms with Crippen molar-refractivity contribution in [3.8, 4) is 0 Å². The highest BCUT2D eigenvalue weighted by molar-refractivity contribution is 5.76. The molecule has 3 unspecified atom stereocenters. The van der Waals surface area contributed by atoms with E-state index in [-0.39, 0.29) is 23.9 Å². The number of allylic oxidation sites excluding steroid dienone is 1. The molecule has 6 heteroatoms. The van der Waals surface area contributed by atoms with E-state index in [1.807, 2.05) is 6.92 Å². The minimum absolute atomic E-state index is 0.0196. The quantitative estimate of drug-likeness (QED) is 0.0479. The summed E-state index contributed by atoms with van der Waals surface area (Å²) in [6.45, 7) is 16.0. The van der Waals surface area contributed by atoms with Crippen LogP contribution in [0.5, 0.6) is 0 Å². The lowest BCUT2D eigenvalue weighted by molar-refractivity contribution is -0.150. The molecule has 3 atom stereocenters. The first kappa shape index (κ1) is 39.5. The molecule has 0 amide bonds. The molecule has 0 aromatic heterocycles. The SMILES string of the molecule is C=C(C)OCCCCCCN1CC(C)CC1C(=O)OCCCCCCOC(=O)C(CCCCCC)CCCCCCCC. The molecule has 0 saturated carbocycles. The normalized spacial score (nSPS) is 17.6. The van der Waals surface area contributed by atoms with E-state index in [0.717, 1.165) is 109 Å². The first-order valence-corrected chi connectivity index (χ1v) is 18.2. The minimum atomic E-state index is -0.0904. The Bertz CT molecular complexity index is 711. The molecule has 1 heterocycles. The highest BCUT2D eigenvalue weighted by atomic mass is 16.5. The first-order valence-electron chi connectivity index (χ1n) is 18.2. The van der Waals surface area contributed by atoms with Crippen LogP contribution in [-0.2, 0) is 23.8 Å². The lowest BCUT2D eigenvalue weighted by atomic mass is 9.94. The number of carbonyl (C=O) groups excluding carboxylic acids is 2. The van der Waals surface area contributed by atoms with Gasteiger partial charge in [-0.3, -0.25) is 14.5 Å².